The predicted octanol–water partition coefficient (Wildman–Crippen LogP) is 0.935. The lowest BCUT2D eigenvalue weighted by atomic mass is 10.2. The minimum Gasteiger partial charge on any atom is -0.512 e. The largest absolute Gasteiger partial charge is 0.707 e. The summed E-state index contributed by atoms with van der Waals surface area (Å²) in [5.74, 6) is -0.672. The van der Waals surface area contributed by atoms with E-state index in [9.17, 15) is 4.39 Å². The lowest BCUT2D eigenvalue weighted by Gasteiger charge is -2.15. The Morgan fingerprint density at radius 1 is 1.41 bits per heavy atom. The van der Waals surface area contributed by atoms with E-state index in [1.807, 2.05) is 0 Å². The molecule has 0 aliphatic heterocycles. The predicted molar refractivity (Wildman–Crippen MR) is 58.9 cm³/mol. The molecule has 1 aromatic carbocycles. The maximum Gasteiger partial charge on any atom is 0.707 e. The van der Waals surface area contributed by atoms with Crippen molar-refractivity contribution in [2.75, 3.05) is 6.61 Å². The maximum atomic E-state index is 13.5. The molecule has 0 saturated carbocycles. The molecule has 0 aliphatic carbocycles. The fourth-order valence-corrected chi connectivity index (χ4v) is 1.22. The van der Waals surface area contributed by atoms with Gasteiger partial charge in [-0.1, -0.05) is 0 Å². The Kier molecular flexibility index (Phi) is 5.21. The Labute approximate surface area is 98.9 Å². The topological polar surface area (TPSA) is 68.2 Å². The third-order valence-electron chi connectivity index (χ3n) is 1.84. The molecule has 0 radical (unpaired) electrons. The summed E-state index contributed by atoms with van der Waals surface area (Å²) in [6.45, 7) is 3.90. The van der Waals surface area contributed by atoms with E-state index in [2.05, 4.69) is 4.65 Å². The standard InChI is InChI=1S/C10H14BFO5/c1-3-15-7(2)16-10-5-4-8(6-9(10)12)17-11(13)14/h4-7,13-14H,3H2,1-2H3. The van der Waals surface area contributed by atoms with Crippen molar-refractivity contribution in [2.24, 2.45) is 0 Å². The van der Waals surface area contributed by atoms with Crippen LogP contribution in [0.3, 0.4) is 0 Å². The third-order valence-corrected chi connectivity index (χ3v) is 1.84. The highest BCUT2D eigenvalue weighted by Crippen LogP contribution is 2.23. The van der Waals surface area contributed by atoms with Crippen LogP contribution in [-0.4, -0.2) is 30.3 Å². The fraction of sp³-hybridized carbons (Fsp3) is 0.400. The molecule has 94 valence electrons. The molecular formula is C10H14BFO5. The summed E-state index contributed by atoms with van der Waals surface area (Å²) in [5, 5.41) is 17.1. The lowest BCUT2D eigenvalue weighted by molar-refractivity contribution is -0.0631. The summed E-state index contributed by atoms with van der Waals surface area (Å²) in [6, 6.07) is 3.67. The van der Waals surface area contributed by atoms with E-state index in [0.29, 0.717) is 6.61 Å². The number of rotatable bonds is 6. The van der Waals surface area contributed by atoms with Crippen molar-refractivity contribution in [1.29, 1.82) is 0 Å². The number of halogens is 1. The molecule has 0 bridgehead atoms. The summed E-state index contributed by atoms with van der Waals surface area (Å²) in [7, 11) is -1.98. The van der Waals surface area contributed by atoms with Crippen LogP contribution in [0.5, 0.6) is 11.5 Å². The van der Waals surface area contributed by atoms with E-state index in [4.69, 9.17) is 19.5 Å². The van der Waals surface area contributed by atoms with Crippen molar-refractivity contribution in [3.63, 3.8) is 0 Å². The van der Waals surface area contributed by atoms with E-state index < -0.39 is 19.4 Å². The van der Waals surface area contributed by atoms with E-state index >= 15 is 0 Å². The first-order chi connectivity index (χ1) is 8.02. The van der Waals surface area contributed by atoms with Gasteiger partial charge >= 0.3 is 7.32 Å². The Morgan fingerprint density at radius 2 is 2.12 bits per heavy atom. The van der Waals surface area contributed by atoms with Crippen molar-refractivity contribution in [1.82, 2.24) is 0 Å². The van der Waals surface area contributed by atoms with Crippen LogP contribution in [0, 0.1) is 5.82 Å². The SMILES string of the molecule is CCOC(C)Oc1ccc(OB(O)O)cc1F. The number of ether oxygens (including phenoxy) is 2. The molecule has 0 amide bonds. The van der Waals surface area contributed by atoms with Gasteiger partial charge in [0.25, 0.3) is 0 Å². The van der Waals surface area contributed by atoms with Gasteiger partial charge in [0.15, 0.2) is 17.9 Å². The van der Waals surface area contributed by atoms with E-state index in [1.165, 1.54) is 12.1 Å². The molecule has 7 heteroatoms. The van der Waals surface area contributed by atoms with Crippen LogP contribution in [0.25, 0.3) is 0 Å². The highest BCUT2D eigenvalue weighted by molar-refractivity contribution is 6.33. The second-order valence-electron chi connectivity index (χ2n) is 3.18. The monoisotopic (exact) mass is 244 g/mol. The molecule has 2 N–H and O–H groups in total. The van der Waals surface area contributed by atoms with Crippen molar-refractivity contribution in [2.45, 2.75) is 20.1 Å². The van der Waals surface area contributed by atoms with Gasteiger partial charge in [-0.15, -0.1) is 0 Å². The van der Waals surface area contributed by atoms with Crippen molar-refractivity contribution in [3.8, 4) is 11.5 Å². The van der Waals surface area contributed by atoms with Crippen LogP contribution >= 0.6 is 0 Å². The first-order valence-electron chi connectivity index (χ1n) is 5.13. The van der Waals surface area contributed by atoms with Gasteiger partial charge < -0.3 is 24.2 Å². The summed E-state index contributed by atoms with van der Waals surface area (Å²) in [6.07, 6.45) is -0.565. The summed E-state index contributed by atoms with van der Waals surface area (Å²) in [5.41, 5.74) is 0. The van der Waals surface area contributed by atoms with Crippen LogP contribution in [0.1, 0.15) is 13.8 Å². The van der Waals surface area contributed by atoms with Gasteiger partial charge in [-0.3, -0.25) is 0 Å². The summed E-state index contributed by atoms with van der Waals surface area (Å²) >= 11 is 0. The minimum atomic E-state index is -1.98. The zero-order valence-electron chi connectivity index (χ0n) is 9.59. The van der Waals surface area contributed by atoms with Gasteiger partial charge in [0.1, 0.15) is 5.75 Å². The molecule has 1 rings (SSSR count). The summed E-state index contributed by atoms with van der Waals surface area (Å²) in [4.78, 5) is 0. The highest BCUT2D eigenvalue weighted by atomic mass is 19.1. The van der Waals surface area contributed by atoms with Crippen LogP contribution in [0.15, 0.2) is 18.2 Å². The number of hydrogen-bond acceptors (Lipinski definition) is 5. The normalized spacial score (nSPS) is 12.1. The van der Waals surface area contributed by atoms with Crippen molar-refractivity contribution >= 4 is 7.32 Å². The zero-order chi connectivity index (χ0) is 12.8. The van der Waals surface area contributed by atoms with Gasteiger partial charge in [-0.25, -0.2) is 4.39 Å². The van der Waals surface area contributed by atoms with Gasteiger partial charge in [-0.2, -0.15) is 0 Å². The molecule has 0 aliphatic rings. The fourth-order valence-electron chi connectivity index (χ4n) is 1.22. The molecule has 1 unspecified atom stereocenters. The van der Waals surface area contributed by atoms with Crippen molar-refractivity contribution < 1.29 is 28.6 Å². The highest BCUT2D eigenvalue weighted by Gasteiger charge is 2.14. The van der Waals surface area contributed by atoms with E-state index in [-0.39, 0.29) is 11.5 Å². The second-order valence-corrected chi connectivity index (χ2v) is 3.18. The molecule has 0 saturated heterocycles. The van der Waals surface area contributed by atoms with Crippen LogP contribution in [0.4, 0.5) is 4.39 Å². The molecular weight excluding hydrogens is 230 g/mol. The van der Waals surface area contributed by atoms with E-state index in [1.54, 1.807) is 13.8 Å². The smallest absolute Gasteiger partial charge is 0.512 e. The maximum absolute atomic E-state index is 13.5. The quantitative estimate of drug-likeness (QED) is 0.575. The van der Waals surface area contributed by atoms with Crippen LogP contribution in [-0.2, 0) is 4.74 Å². The molecule has 1 aromatic rings. The van der Waals surface area contributed by atoms with Crippen LogP contribution in [0.2, 0.25) is 0 Å². The Morgan fingerprint density at radius 3 is 2.65 bits per heavy atom. The molecule has 0 fully saturated rings. The minimum absolute atomic E-state index is 0.00531. The van der Waals surface area contributed by atoms with Crippen LogP contribution < -0.4 is 9.39 Å². The summed E-state index contributed by atoms with van der Waals surface area (Å²) < 4.78 is 28.2. The molecule has 0 spiro atoms. The average molecular weight is 244 g/mol. The molecule has 0 heterocycles. The van der Waals surface area contributed by atoms with Gasteiger partial charge in [0.2, 0.25) is 0 Å². The Bertz CT molecular complexity index is 361. The van der Waals surface area contributed by atoms with Gasteiger partial charge in [0, 0.05) is 12.7 Å². The van der Waals surface area contributed by atoms with E-state index in [0.717, 1.165) is 6.07 Å². The zero-order valence-corrected chi connectivity index (χ0v) is 9.59. The van der Waals surface area contributed by atoms with Crippen molar-refractivity contribution in [3.05, 3.63) is 24.0 Å². The lowest BCUT2D eigenvalue weighted by Crippen LogP contribution is -2.20. The first-order valence-corrected chi connectivity index (χ1v) is 5.13. The van der Waals surface area contributed by atoms with Gasteiger partial charge in [-0.05, 0) is 26.0 Å². The van der Waals surface area contributed by atoms with Gasteiger partial charge in [0.05, 0.1) is 0 Å². The Hall–Kier alpha value is -1.31. The number of hydrogen-bond donors (Lipinski definition) is 2. The molecule has 1 atom stereocenters. The Balaban J connectivity index is 2.69. The second kappa shape index (κ2) is 6.44. The first kappa shape index (κ1) is 13.8. The molecule has 5 nitrogen and oxygen atoms in total. The number of benzene rings is 1. The third kappa shape index (κ3) is 4.60. The average Bonchev–Trinajstić information content (AvgIpc) is 2.21. The molecule has 0 aromatic heterocycles. The molecule has 17 heavy (non-hydrogen) atoms.